The summed E-state index contributed by atoms with van der Waals surface area (Å²) in [6.45, 7) is 5.13. The first-order chi connectivity index (χ1) is 10.5. The molecule has 1 atom stereocenters. The number of thiophene rings is 1. The van der Waals surface area contributed by atoms with E-state index in [1.54, 1.807) is 6.07 Å². The van der Waals surface area contributed by atoms with Gasteiger partial charge in [-0.1, -0.05) is 29.8 Å². The highest BCUT2D eigenvalue weighted by Crippen LogP contribution is 2.29. The Morgan fingerprint density at radius 3 is 2.50 bits per heavy atom. The minimum Gasteiger partial charge on any atom is -0.371 e. The van der Waals surface area contributed by atoms with Crippen LogP contribution in [0.3, 0.4) is 0 Å². The van der Waals surface area contributed by atoms with Crippen molar-refractivity contribution >= 4 is 21.4 Å². The summed E-state index contributed by atoms with van der Waals surface area (Å²) in [6, 6.07) is 11.6. The van der Waals surface area contributed by atoms with Crippen LogP contribution >= 0.6 is 11.3 Å². The van der Waals surface area contributed by atoms with Crippen molar-refractivity contribution in [3.8, 4) is 0 Å². The van der Waals surface area contributed by atoms with Gasteiger partial charge in [0.05, 0.1) is 12.7 Å². The van der Waals surface area contributed by atoms with Gasteiger partial charge in [0, 0.05) is 18.0 Å². The maximum Gasteiger partial charge on any atom is 0.252 e. The van der Waals surface area contributed by atoms with Crippen LogP contribution in [0.1, 0.15) is 22.1 Å². The summed E-state index contributed by atoms with van der Waals surface area (Å²) in [4.78, 5) is 1.00. The molecular weight excluding hydrogens is 318 g/mol. The Bertz CT molecular complexity index is 750. The van der Waals surface area contributed by atoms with Crippen LogP contribution in [0, 0.1) is 13.8 Å². The summed E-state index contributed by atoms with van der Waals surface area (Å²) in [7, 11) is -3.42. The predicted molar refractivity (Wildman–Crippen MR) is 87.7 cm³/mol. The molecule has 22 heavy (non-hydrogen) atoms. The van der Waals surface area contributed by atoms with Crippen molar-refractivity contribution in [2.45, 2.75) is 24.2 Å². The molecule has 0 N–H and O–H groups in total. The minimum absolute atomic E-state index is 0.204. The first kappa shape index (κ1) is 15.7. The van der Waals surface area contributed by atoms with Gasteiger partial charge in [0.25, 0.3) is 10.0 Å². The standard InChI is InChI=1S/C16H19NO3S2/c1-12-3-6-14(7-4-12)15-11-17(9-10-20-15)22(18,19)16-8-5-13(2)21-16/h3-8,15H,9-11H2,1-2H3. The number of nitrogens with zero attached hydrogens (tertiary/aromatic N) is 1. The van der Waals surface area contributed by atoms with Gasteiger partial charge in [-0.05, 0) is 31.5 Å². The molecule has 0 saturated carbocycles. The predicted octanol–water partition coefficient (Wildman–Crippen LogP) is 3.13. The molecule has 1 aromatic heterocycles. The molecule has 1 fully saturated rings. The van der Waals surface area contributed by atoms with Crippen molar-refractivity contribution in [2.75, 3.05) is 19.7 Å². The molecule has 1 aliphatic heterocycles. The highest BCUT2D eigenvalue weighted by molar-refractivity contribution is 7.91. The molecule has 2 aromatic rings. The number of aryl methyl sites for hydroxylation is 2. The van der Waals surface area contributed by atoms with E-state index in [0.29, 0.717) is 23.9 Å². The Morgan fingerprint density at radius 2 is 1.86 bits per heavy atom. The van der Waals surface area contributed by atoms with Crippen LogP contribution in [0.5, 0.6) is 0 Å². The third-order valence-corrected chi connectivity index (χ3v) is 7.12. The summed E-state index contributed by atoms with van der Waals surface area (Å²) in [5.41, 5.74) is 2.20. The van der Waals surface area contributed by atoms with Gasteiger partial charge in [-0.25, -0.2) is 8.42 Å². The molecule has 3 rings (SSSR count). The summed E-state index contributed by atoms with van der Waals surface area (Å²) in [6.07, 6.45) is -0.204. The third-order valence-electron chi connectivity index (χ3n) is 3.79. The number of ether oxygens (including phenoxy) is 1. The number of sulfonamides is 1. The number of hydrogen-bond donors (Lipinski definition) is 0. The van der Waals surface area contributed by atoms with Crippen molar-refractivity contribution in [1.29, 1.82) is 0 Å². The maximum atomic E-state index is 12.7. The molecule has 118 valence electrons. The van der Waals surface area contributed by atoms with Gasteiger partial charge in [-0.15, -0.1) is 11.3 Å². The van der Waals surface area contributed by atoms with E-state index in [1.807, 2.05) is 44.2 Å². The molecule has 4 nitrogen and oxygen atoms in total. The van der Waals surface area contributed by atoms with Gasteiger partial charge >= 0.3 is 0 Å². The van der Waals surface area contributed by atoms with Gasteiger partial charge in [0.15, 0.2) is 0 Å². The van der Waals surface area contributed by atoms with Crippen LogP contribution in [0.2, 0.25) is 0 Å². The molecule has 6 heteroatoms. The lowest BCUT2D eigenvalue weighted by atomic mass is 10.1. The largest absolute Gasteiger partial charge is 0.371 e. The van der Waals surface area contributed by atoms with Crippen LogP contribution in [0.15, 0.2) is 40.6 Å². The lowest BCUT2D eigenvalue weighted by Crippen LogP contribution is -2.41. The molecule has 0 amide bonds. The molecule has 1 unspecified atom stereocenters. The molecule has 2 heterocycles. The Kier molecular flexibility index (Phi) is 4.36. The fourth-order valence-electron chi connectivity index (χ4n) is 2.50. The second-order valence-electron chi connectivity index (χ2n) is 5.50. The van der Waals surface area contributed by atoms with Gasteiger partial charge in [-0.3, -0.25) is 0 Å². The first-order valence-corrected chi connectivity index (χ1v) is 9.47. The van der Waals surface area contributed by atoms with E-state index >= 15 is 0 Å². The van der Waals surface area contributed by atoms with Crippen molar-refractivity contribution in [3.05, 3.63) is 52.4 Å². The van der Waals surface area contributed by atoms with Crippen LogP contribution in [0.4, 0.5) is 0 Å². The zero-order valence-electron chi connectivity index (χ0n) is 12.7. The first-order valence-electron chi connectivity index (χ1n) is 7.21. The van der Waals surface area contributed by atoms with E-state index in [9.17, 15) is 8.42 Å². The molecule has 0 radical (unpaired) electrons. The molecular formula is C16H19NO3S2. The fraction of sp³-hybridized carbons (Fsp3) is 0.375. The molecule has 0 bridgehead atoms. The van der Waals surface area contributed by atoms with E-state index in [4.69, 9.17) is 4.74 Å². The van der Waals surface area contributed by atoms with Crippen molar-refractivity contribution in [3.63, 3.8) is 0 Å². The number of morpholine rings is 1. The Labute approximate surface area is 135 Å². The average Bonchev–Trinajstić information content (AvgIpc) is 2.95. The van der Waals surface area contributed by atoms with Gasteiger partial charge in [-0.2, -0.15) is 4.31 Å². The second-order valence-corrected chi connectivity index (χ2v) is 8.95. The summed E-state index contributed by atoms with van der Waals surface area (Å²) in [5.74, 6) is 0. The van der Waals surface area contributed by atoms with E-state index in [0.717, 1.165) is 10.4 Å². The van der Waals surface area contributed by atoms with Gasteiger partial charge < -0.3 is 4.74 Å². The van der Waals surface area contributed by atoms with Gasteiger partial charge in [0.1, 0.15) is 4.21 Å². The molecule has 1 aromatic carbocycles. The Balaban J connectivity index is 1.82. The Morgan fingerprint density at radius 1 is 1.14 bits per heavy atom. The minimum atomic E-state index is -3.42. The SMILES string of the molecule is Cc1ccc(C2CN(S(=O)(=O)c3ccc(C)s3)CCO2)cc1. The van der Waals surface area contributed by atoms with E-state index in [1.165, 1.54) is 21.2 Å². The lowest BCUT2D eigenvalue weighted by Gasteiger charge is -2.32. The zero-order chi connectivity index (χ0) is 15.7. The molecule has 0 aliphatic carbocycles. The summed E-state index contributed by atoms with van der Waals surface area (Å²) >= 11 is 1.32. The zero-order valence-corrected chi connectivity index (χ0v) is 14.3. The summed E-state index contributed by atoms with van der Waals surface area (Å²) in [5, 5.41) is 0. The van der Waals surface area contributed by atoms with Crippen LogP contribution < -0.4 is 0 Å². The van der Waals surface area contributed by atoms with Crippen LogP contribution in [-0.4, -0.2) is 32.4 Å². The smallest absolute Gasteiger partial charge is 0.252 e. The van der Waals surface area contributed by atoms with Crippen molar-refractivity contribution in [2.24, 2.45) is 0 Å². The van der Waals surface area contributed by atoms with Crippen molar-refractivity contribution in [1.82, 2.24) is 4.31 Å². The highest BCUT2D eigenvalue weighted by Gasteiger charge is 2.32. The number of benzene rings is 1. The van der Waals surface area contributed by atoms with Crippen LogP contribution in [-0.2, 0) is 14.8 Å². The number of rotatable bonds is 3. The lowest BCUT2D eigenvalue weighted by molar-refractivity contribution is -0.00250. The summed E-state index contributed by atoms with van der Waals surface area (Å²) < 4.78 is 33.1. The fourth-order valence-corrected chi connectivity index (χ4v) is 5.37. The third kappa shape index (κ3) is 3.10. The van der Waals surface area contributed by atoms with Crippen LogP contribution in [0.25, 0.3) is 0 Å². The molecule has 0 spiro atoms. The monoisotopic (exact) mass is 337 g/mol. The highest BCUT2D eigenvalue weighted by atomic mass is 32.2. The second kappa shape index (κ2) is 6.12. The number of hydrogen-bond acceptors (Lipinski definition) is 4. The normalized spacial score (nSPS) is 20.2. The van der Waals surface area contributed by atoms with E-state index in [-0.39, 0.29) is 6.10 Å². The van der Waals surface area contributed by atoms with E-state index < -0.39 is 10.0 Å². The van der Waals surface area contributed by atoms with Gasteiger partial charge in [0.2, 0.25) is 0 Å². The van der Waals surface area contributed by atoms with E-state index in [2.05, 4.69) is 0 Å². The molecule has 1 aliphatic rings. The quantitative estimate of drug-likeness (QED) is 0.864. The molecule has 1 saturated heterocycles. The average molecular weight is 337 g/mol. The maximum absolute atomic E-state index is 12.7. The van der Waals surface area contributed by atoms with Crippen molar-refractivity contribution < 1.29 is 13.2 Å². The topological polar surface area (TPSA) is 46.6 Å². The Hall–Kier alpha value is -1.21.